The molecular weight excluding hydrogens is 314 g/mol. The summed E-state index contributed by atoms with van der Waals surface area (Å²) in [6.45, 7) is 0.378. The smallest absolute Gasteiger partial charge is 0.292 e. The van der Waals surface area contributed by atoms with Crippen LogP contribution in [0.25, 0.3) is 5.69 Å². The van der Waals surface area contributed by atoms with E-state index in [0.29, 0.717) is 17.9 Å². The van der Waals surface area contributed by atoms with Gasteiger partial charge in [-0.2, -0.15) is 9.78 Å². The molecule has 23 heavy (non-hydrogen) atoms. The summed E-state index contributed by atoms with van der Waals surface area (Å²) in [4.78, 5) is 12.4. The third-order valence-electron chi connectivity index (χ3n) is 4.31. The first kappa shape index (κ1) is 16.0. The third kappa shape index (κ3) is 3.57. The second kappa shape index (κ2) is 6.72. The van der Waals surface area contributed by atoms with Crippen molar-refractivity contribution in [2.75, 3.05) is 11.9 Å². The first-order valence-electron chi connectivity index (χ1n) is 7.89. The summed E-state index contributed by atoms with van der Waals surface area (Å²) in [5.41, 5.74) is 0.0220. The topological polar surface area (TPSA) is 67.2 Å². The van der Waals surface area contributed by atoms with Gasteiger partial charge in [-0.25, -0.2) is 0 Å². The van der Waals surface area contributed by atoms with Crippen LogP contribution in [-0.2, 0) is 0 Å². The van der Waals surface area contributed by atoms with Gasteiger partial charge in [0, 0.05) is 6.54 Å². The molecule has 0 saturated heterocycles. The molecule has 0 amide bonds. The molecule has 1 aliphatic rings. The quantitative estimate of drug-likeness (QED) is 0.902. The van der Waals surface area contributed by atoms with Crippen LogP contribution in [0, 0.1) is 0 Å². The van der Waals surface area contributed by atoms with E-state index in [4.69, 9.17) is 11.6 Å². The molecule has 3 rings (SSSR count). The Kier molecular flexibility index (Phi) is 4.68. The van der Waals surface area contributed by atoms with E-state index in [1.807, 2.05) is 18.2 Å². The molecule has 1 saturated carbocycles. The van der Waals surface area contributed by atoms with Crippen molar-refractivity contribution < 1.29 is 5.11 Å². The Morgan fingerprint density at radius 2 is 1.91 bits per heavy atom. The lowest BCUT2D eigenvalue weighted by Gasteiger charge is -2.32. The zero-order valence-electron chi connectivity index (χ0n) is 12.8. The summed E-state index contributed by atoms with van der Waals surface area (Å²) < 4.78 is 1.27. The maximum Gasteiger partial charge on any atom is 0.292 e. The Labute approximate surface area is 139 Å². The summed E-state index contributed by atoms with van der Waals surface area (Å²) in [7, 11) is 0. The van der Waals surface area contributed by atoms with Crippen molar-refractivity contribution in [2.45, 2.75) is 37.7 Å². The molecule has 0 unspecified atom stereocenters. The number of anilines is 1. The summed E-state index contributed by atoms with van der Waals surface area (Å²) in [6, 6.07) is 9.13. The number of nitrogens with one attached hydrogen (secondary N) is 1. The molecule has 1 aromatic heterocycles. The molecule has 0 bridgehead atoms. The summed E-state index contributed by atoms with van der Waals surface area (Å²) in [5.74, 6) is 0. The summed E-state index contributed by atoms with van der Waals surface area (Å²) in [6.07, 6.45) is 6.29. The van der Waals surface area contributed by atoms with Gasteiger partial charge in [0.15, 0.2) is 0 Å². The van der Waals surface area contributed by atoms with Crippen molar-refractivity contribution in [3.05, 3.63) is 51.9 Å². The standard InChI is InChI=1S/C17H20ClN3O2/c18-15-14(19-12-17(23)9-5-2-6-10-17)11-20-21(16(15)22)13-7-3-1-4-8-13/h1,3-4,7-8,11,19,23H,2,5-6,9-10,12H2. The van der Waals surface area contributed by atoms with Gasteiger partial charge >= 0.3 is 0 Å². The summed E-state index contributed by atoms with van der Waals surface area (Å²) >= 11 is 6.19. The summed E-state index contributed by atoms with van der Waals surface area (Å²) in [5, 5.41) is 17.9. The lowest BCUT2D eigenvalue weighted by molar-refractivity contribution is 0.0167. The van der Waals surface area contributed by atoms with Crippen LogP contribution in [0.1, 0.15) is 32.1 Å². The maximum atomic E-state index is 12.4. The zero-order chi connectivity index (χ0) is 16.3. The van der Waals surface area contributed by atoms with E-state index >= 15 is 0 Å². The molecular formula is C17H20ClN3O2. The first-order chi connectivity index (χ1) is 11.1. The molecule has 2 aromatic rings. The van der Waals surface area contributed by atoms with Crippen LogP contribution in [-0.4, -0.2) is 27.0 Å². The van der Waals surface area contributed by atoms with Crippen molar-refractivity contribution in [3.63, 3.8) is 0 Å². The van der Waals surface area contributed by atoms with Gasteiger partial charge in [-0.05, 0) is 25.0 Å². The lowest BCUT2D eigenvalue weighted by Crippen LogP contribution is -2.39. The molecule has 0 spiro atoms. The number of halogens is 1. The highest BCUT2D eigenvalue weighted by Gasteiger charge is 2.29. The highest BCUT2D eigenvalue weighted by Crippen LogP contribution is 2.28. The predicted molar refractivity (Wildman–Crippen MR) is 91.4 cm³/mol. The van der Waals surface area contributed by atoms with Gasteiger partial charge < -0.3 is 10.4 Å². The van der Waals surface area contributed by atoms with Gasteiger partial charge in [0.25, 0.3) is 5.56 Å². The van der Waals surface area contributed by atoms with Crippen molar-refractivity contribution >= 4 is 17.3 Å². The van der Waals surface area contributed by atoms with Gasteiger partial charge in [-0.1, -0.05) is 49.1 Å². The van der Waals surface area contributed by atoms with Gasteiger partial charge in [-0.3, -0.25) is 4.79 Å². The number of para-hydroxylation sites is 1. The fourth-order valence-corrected chi connectivity index (χ4v) is 3.15. The van der Waals surface area contributed by atoms with Gasteiger partial charge in [-0.15, -0.1) is 0 Å². The second-order valence-electron chi connectivity index (χ2n) is 6.06. The molecule has 5 nitrogen and oxygen atoms in total. The molecule has 0 aliphatic heterocycles. The van der Waals surface area contributed by atoms with E-state index in [0.717, 1.165) is 32.1 Å². The van der Waals surface area contributed by atoms with Gasteiger partial charge in [0.05, 0.1) is 23.2 Å². The van der Waals surface area contributed by atoms with Crippen LogP contribution in [0.2, 0.25) is 5.02 Å². The van der Waals surface area contributed by atoms with Crippen LogP contribution in [0.15, 0.2) is 41.3 Å². The average molecular weight is 334 g/mol. The number of aliphatic hydroxyl groups is 1. The predicted octanol–water partition coefficient (Wildman–Crippen LogP) is 2.99. The molecule has 122 valence electrons. The highest BCUT2D eigenvalue weighted by molar-refractivity contribution is 6.32. The van der Waals surface area contributed by atoms with E-state index in [1.54, 1.807) is 12.1 Å². The van der Waals surface area contributed by atoms with Crippen molar-refractivity contribution in [2.24, 2.45) is 0 Å². The van der Waals surface area contributed by atoms with E-state index in [-0.39, 0.29) is 10.6 Å². The Morgan fingerprint density at radius 1 is 1.22 bits per heavy atom. The lowest BCUT2D eigenvalue weighted by atomic mass is 9.85. The van der Waals surface area contributed by atoms with Crippen LogP contribution in [0.3, 0.4) is 0 Å². The third-order valence-corrected chi connectivity index (χ3v) is 4.68. The monoisotopic (exact) mass is 333 g/mol. The Bertz CT molecular complexity index is 724. The number of nitrogens with zero attached hydrogens (tertiary/aromatic N) is 2. The fraction of sp³-hybridized carbons (Fsp3) is 0.412. The van der Waals surface area contributed by atoms with Crippen molar-refractivity contribution in [1.29, 1.82) is 0 Å². The van der Waals surface area contributed by atoms with Gasteiger partial charge in [0.1, 0.15) is 5.02 Å². The highest BCUT2D eigenvalue weighted by atomic mass is 35.5. The van der Waals surface area contributed by atoms with Crippen molar-refractivity contribution in [1.82, 2.24) is 9.78 Å². The molecule has 6 heteroatoms. The molecule has 2 N–H and O–H groups in total. The Morgan fingerprint density at radius 3 is 2.61 bits per heavy atom. The normalized spacial score (nSPS) is 17.0. The van der Waals surface area contributed by atoms with Crippen LogP contribution >= 0.6 is 11.6 Å². The zero-order valence-corrected chi connectivity index (χ0v) is 13.6. The van der Waals surface area contributed by atoms with E-state index in [9.17, 15) is 9.90 Å². The minimum absolute atomic E-state index is 0.0864. The Hall–Kier alpha value is -1.85. The van der Waals surface area contributed by atoms with Crippen LogP contribution < -0.4 is 10.9 Å². The first-order valence-corrected chi connectivity index (χ1v) is 8.26. The molecule has 0 atom stereocenters. The largest absolute Gasteiger partial charge is 0.388 e. The Balaban J connectivity index is 1.79. The average Bonchev–Trinajstić information content (AvgIpc) is 2.58. The van der Waals surface area contributed by atoms with Crippen LogP contribution in [0.4, 0.5) is 5.69 Å². The number of rotatable bonds is 4. The molecule has 1 aliphatic carbocycles. The number of benzene rings is 1. The number of aromatic nitrogens is 2. The molecule has 1 aromatic carbocycles. The van der Waals surface area contributed by atoms with Gasteiger partial charge in [0.2, 0.25) is 0 Å². The second-order valence-corrected chi connectivity index (χ2v) is 6.44. The number of hydrogen-bond acceptors (Lipinski definition) is 4. The minimum atomic E-state index is -0.726. The van der Waals surface area contributed by atoms with E-state index in [2.05, 4.69) is 10.4 Å². The molecule has 1 heterocycles. The SMILES string of the molecule is O=c1c(Cl)c(NCC2(O)CCCCC2)cnn1-c1ccccc1. The van der Waals surface area contributed by atoms with Crippen molar-refractivity contribution in [3.8, 4) is 5.69 Å². The number of hydrogen-bond donors (Lipinski definition) is 2. The minimum Gasteiger partial charge on any atom is -0.388 e. The molecule has 1 fully saturated rings. The fourth-order valence-electron chi connectivity index (χ4n) is 2.96. The van der Waals surface area contributed by atoms with E-state index < -0.39 is 5.60 Å². The maximum absolute atomic E-state index is 12.4. The van der Waals surface area contributed by atoms with E-state index in [1.165, 1.54) is 10.9 Å². The molecule has 0 radical (unpaired) electrons. The van der Waals surface area contributed by atoms with Crippen LogP contribution in [0.5, 0.6) is 0 Å².